The first-order valence-corrected chi connectivity index (χ1v) is 7.09. The smallest absolute Gasteiger partial charge is 0.347 e. The minimum atomic E-state index is -4.44. The first-order valence-electron chi connectivity index (χ1n) is 7.09. The van der Waals surface area contributed by atoms with Gasteiger partial charge >= 0.3 is 6.18 Å². The molecule has 0 bridgehead atoms. The topological polar surface area (TPSA) is 70.2 Å². The molecule has 8 heteroatoms. The van der Waals surface area contributed by atoms with E-state index in [1.54, 1.807) is 5.32 Å². The molecule has 1 rings (SSSR count). The Bertz CT molecular complexity index is 355. The van der Waals surface area contributed by atoms with Crippen LogP contribution in [0.25, 0.3) is 0 Å². The molecule has 0 aromatic heterocycles. The fourth-order valence-corrected chi connectivity index (χ4v) is 2.34. The minimum absolute atomic E-state index is 0.177. The molecule has 0 aromatic rings. The van der Waals surface area contributed by atoms with Crippen molar-refractivity contribution in [1.82, 2.24) is 16.0 Å². The largest absolute Gasteiger partial charge is 0.405 e. The van der Waals surface area contributed by atoms with E-state index in [1.807, 2.05) is 6.92 Å². The molecule has 21 heavy (non-hydrogen) atoms. The molecule has 1 fully saturated rings. The van der Waals surface area contributed by atoms with Gasteiger partial charge in [0.15, 0.2) is 0 Å². The van der Waals surface area contributed by atoms with Crippen molar-refractivity contribution in [3.8, 4) is 0 Å². The van der Waals surface area contributed by atoms with Crippen LogP contribution in [0, 0.1) is 11.8 Å². The molecule has 0 aliphatic carbocycles. The van der Waals surface area contributed by atoms with E-state index in [2.05, 4.69) is 10.6 Å². The van der Waals surface area contributed by atoms with E-state index in [4.69, 9.17) is 0 Å². The Kier molecular flexibility index (Phi) is 6.94. The third kappa shape index (κ3) is 7.89. The van der Waals surface area contributed by atoms with Crippen molar-refractivity contribution < 1.29 is 22.8 Å². The molecule has 2 amide bonds. The van der Waals surface area contributed by atoms with Crippen LogP contribution in [0.4, 0.5) is 13.2 Å². The average Bonchev–Trinajstić information content (AvgIpc) is 2.43. The highest BCUT2D eigenvalue weighted by Crippen LogP contribution is 2.22. The Morgan fingerprint density at radius 2 is 2.00 bits per heavy atom. The van der Waals surface area contributed by atoms with Crippen LogP contribution in [0.5, 0.6) is 0 Å². The van der Waals surface area contributed by atoms with E-state index >= 15 is 0 Å². The summed E-state index contributed by atoms with van der Waals surface area (Å²) in [6, 6.07) is 0. The molecule has 5 nitrogen and oxygen atoms in total. The summed E-state index contributed by atoms with van der Waals surface area (Å²) in [5.41, 5.74) is 0. The SMILES string of the molecule is CC(CC(=O)NCC(=O)NCC(F)(F)F)C1CCCNC1. The van der Waals surface area contributed by atoms with Gasteiger partial charge in [-0.1, -0.05) is 6.92 Å². The van der Waals surface area contributed by atoms with E-state index in [0.717, 1.165) is 25.9 Å². The first kappa shape index (κ1) is 17.7. The molecule has 0 aromatic carbocycles. The lowest BCUT2D eigenvalue weighted by molar-refractivity contribution is -0.138. The second-order valence-corrected chi connectivity index (χ2v) is 5.46. The molecule has 122 valence electrons. The molecule has 2 unspecified atom stereocenters. The Hall–Kier alpha value is -1.31. The molecule has 1 aliphatic rings. The summed E-state index contributed by atoms with van der Waals surface area (Å²) in [6.45, 7) is 2.03. The van der Waals surface area contributed by atoms with Gasteiger partial charge in [-0.3, -0.25) is 9.59 Å². The number of carbonyl (C=O) groups excluding carboxylic acids is 2. The molecule has 0 spiro atoms. The van der Waals surface area contributed by atoms with Crippen molar-refractivity contribution in [1.29, 1.82) is 0 Å². The van der Waals surface area contributed by atoms with E-state index in [-0.39, 0.29) is 18.2 Å². The molecule has 2 atom stereocenters. The van der Waals surface area contributed by atoms with E-state index in [0.29, 0.717) is 5.92 Å². The van der Waals surface area contributed by atoms with Crippen molar-refractivity contribution in [2.45, 2.75) is 32.4 Å². The Balaban J connectivity index is 2.19. The molecule has 0 radical (unpaired) electrons. The van der Waals surface area contributed by atoms with Crippen molar-refractivity contribution in [2.24, 2.45) is 11.8 Å². The summed E-state index contributed by atoms with van der Waals surface area (Å²) in [5.74, 6) is -0.553. The predicted molar refractivity (Wildman–Crippen MR) is 71.4 cm³/mol. The third-order valence-electron chi connectivity index (χ3n) is 3.58. The molecule has 1 heterocycles. The van der Waals surface area contributed by atoms with Gasteiger partial charge in [-0.05, 0) is 37.8 Å². The van der Waals surface area contributed by atoms with Crippen LogP contribution in [0.1, 0.15) is 26.2 Å². The maximum Gasteiger partial charge on any atom is 0.405 e. The van der Waals surface area contributed by atoms with Crippen LogP contribution < -0.4 is 16.0 Å². The summed E-state index contributed by atoms with van der Waals surface area (Å²) < 4.78 is 35.7. The number of alkyl halides is 3. The number of nitrogens with one attached hydrogen (secondary N) is 3. The second kappa shape index (κ2) is 8.21. The van der Waals surface area contributed by atoms with Gasteiger partial charge in [0.2, 0.25) is 11.8 Å². The third-order valence-corrected chi connectivity index (χ3v) is 3.58. The summed E-state index contributed by atoms with van der Waals surface area (Å²) in [4.78, 5) is 22.8. The number of halogens is 3. The zero-order valence-corrected chi connectivity index (χ0v) is 12.1. The minimum Gasteiger partial charge on any atom is -0.347 e. The molecular weight excluding hydrogens is 287 g/mol. The van der Waals surface area contributed by atoms with Crippen molar-refractivity contribution in [3.63, 3.8) is 0 Å². The van der Waals surface area contributed by atoms with Gasteiger partial charge in [-0.2, -0.15) is 13.2 Å². The van der Waals surface area contributed by atoms with E-state index in [9.17, 15) is 22.8 Å². The number of carbonyl (C=O) groups is 2. The number of amides is 2. The summed E-state index contributed by atoms with van der Waals surface area (Å²) in [5, 5.41) is 7.32. The van der Waals surface area contributed by atoms with Crippen LogP contribution in [0.2, 0.25) is 0 Å². The maximum atomic E-state index is 11.9. The summed E-state index contributed by atoms with van der Waals surface area (Å²) >= 11 is 0. The van der Waals surface area contributed by atoms with Crippen LogP contribution in [0.3, 0.4) is 0 Å². The fourth-order valence-electron chi connectivity index (χ4n) is 2.34. The molecule has 3 N–H and O–H groups in total. The van der Waals surface area contributed by atoms with Crippen molar-refractivity contribution in [3.05, 3.63) is 0 Å². The predicted octanol–water partition coefficient (Wildman–Crippen LogP) is 0.807. The number of rotatable bonds is 6. The Labute approximate surface area is 122 Å². The lowest BCUT2D eigenvalue weighted by Gasteiger charge is -2.27. The average molecular weight is 309 g/mol. The zero-order chi connectivity index (χ0) is 15.9. The standard InChI is InChI=1S/C13H22F3N3O2/c1-9(10-3-2-4-17-6-10)5-11(20)18-7-12(21)19-8-13(14,15)16/h9-10,17H,2-8H2,1H3,(H,18,20)(H,19,21). The zero-order valence-electron chi connectivity index (χ0n) is 12.1. The first-order chi connectivity index (χ1) is 9.78. The van der Waals surface area contributed by atoms with Crippen LogP contribution >= 0.6 is 0 Å². The monoisotopic (exact) mass is 309 g/mol. The molecular formula is C13H22F3N3O2. The summed E-state index contributed by atoms with van der Waals surface area (Å²) in [6.07, 6.45) is -2.02. The van der Waals surface area contributed by atoms with Gasteiger partial charge in [0.05, 0.1) is 6.54 Å². The Morgan fingerprint density at radius 3 is 2.57 bits per heavy atom. The summed E-state index contributed by atoms with van der Waals surface area (Å²) in [7, 11) is 0. The molecule has 1 saturated heterocycles. The van der Waals surface area contributed by atoms with Gasteiger partial charge in [0, 0.05) is 6.42 Å². The van der Waals surface area contributed by atoms with Crippen molar-refractivity contribution in [2.75, 3.05) is 26.2 Å². The second-order valence-electron chi connectivity index (χ2n) is 5.46. The van der Waals surface area contributed by atoms with E-state index < -0.39 is 25.2 Å². The quantitative estimate of drug-likeness (QED) is 0.680. The van der Waals surface area contributed by atoms with Gasteiger partial charge in [-0.15, -0.1) is 0 Å². The normalized spacial score (nSPS) is 20.7. The molecule has 1 aliphatic heterocycles. The highest BCUT2D eigenvalue weighted by Gasteiger charge is 2.27. The lowest BCUT2D eigenvalue weighted by atomic mass is 9.85. The highest BCUT2D eigenvalue weighted by molar-refractivity contribution is 5.84. The van der Waals surface area contributed by atoms with Gasteiger partial charge in [-0.25, -0.2) is 0 Å². The number of hydrogen-bond acceptors (Lipinski definition) is 3. The van der Waals surface area contributed by atoms with Crippen LogP contribution in [-0.2, 0) is 9.59 Å². The van der Waals surface area contributed by atoms with Crippen molar-refractivity contribution >= 4 is 11.8 Å². The highest BCUT2D eigenvalue weighted by atomic mass is 19.4. The van der Waals surface area contributed by atoms with Gasteiger partial charge < -0.3 is 16.0 Å². The maximum absolute atomic E-state index is 11.9. The Morgan fingerprint density at radius 1 is 1.29 bits per heavy atom. The lowest BCUT2D eigenvalue weighted by Crippen LogP contribution is -2.41. The number of hydrogen-bond donors (Lipinski definition) is 3. The molecule has 0 saturated carbocycles. The van der Waals surface area contributed by atoms with Crippen LogP contribution in [0.15, 0.2) is 0 Å². The van der Waals surface area contributed by atoms with E-state index in [1.165, 1.54) is 0 Å². The fraction of sp³-hybridized carbons (Fsp3) is 0.846. The number of piperidine rings is 1. The van der Waals surface area contributed by atoms with Gasteiger partial charge in [0.25, 0.3) is 0 Å². The van der Waals surface area contributed by atoms with Crippen LogP contribution in [-0.4, -0.2) is 44.2 Å². The van der Waals surface area contributed by atoms with Gasteiger partial charge in [0.1, 0.15) is 6.54 Å².